The van der Waals surface area contributed by atoms with Gasteiger partial charge in [-0.25, -0.2) is 14.4 Å². The van der Waals surface area contributed by atoms with Crippen molar-refractivity contribution in [3.8, 4) is 0 Å². The molecule has 0 fully saturated rings. The van der Waals surface area contributed by atoms with Crippen LogP contribution in [0.4, 0.5) is 10.3 Å². The van der Waals surface area contributed by atoms with E-state index in [0.29, 0.717) is 11.6 Å². The molecule has 18 heavy (non-hydrogen) atoms. The van der Waals surface area contributed by atoms with Crippen LogP contribution in [-0.4, -0.2) is 15.0 Å². The number of aromatic nitrogens is 3. The van der Waals surface area contributed by atoms with E-state index in [1.54, 1.807) is 24.7 Å². The molecule has 2 heterocycles. The Hall–Kier alpha value is -1.56. The van der Waals surface area contributed by atoms with Crippen molar-refractivity contribution in [2.24, 2.45) is 0 Å². The third kappa shape index (κ3) is 2.81. The Bertz CT molecular complexity index is 542. The minimum Gasteiger partial charge on any atom is -0.344 e. The Labute approximate surface area is 113 Å². The summed E-state index contributed by atoms with van der Waals surface area (Å²) in [5.41, 5.74) is -0.365. The van der Waals surface area contributed by atoms with Crippen molar-refractivity contribution in [1.82, 2.24) is 15.0 Å². The van der Waals surface area contributed by atoms with Gasteiger partial charge in [0.05, 0.1) is 10.0 Å². The summed E-state index contributed by atoms with van der Waals surface area (Å²) in [7, 11) is 0. The van der Waals surface area contributed by atoms with Gasteiger partial charge in [-0.1, -0.05) is 0 Å². The maximum absolute atomic E-state index is 13.7. The third-order valence-corrected chi connectivity index (χ3v) is 2.80. The highest BCUT2D eigenvalue weighted by Gasteiger charge is 2.26. The summed E-state index contributed by atoms with van der Waals surface area (Å²) in [6.45, 7) is 3.65. The molecule has 4 nitrogen and oxygen atoms in total. The molecule has 2 aromatic rings. The number of pyridine rings is 1. The molecular weight excluding hydrogens is 299 g/mol. The quantitative estimate of drug-likeness (QED) is 0.946. The summed E-state index contributed by atoms with van der Waals surface area (Å²) in [6, 6.07) is 2.94. The molecule has 1 N–H and O–H groups in total. The first-order valence-corrected chi connectivity index (χ1v) is 6.15. The molecule has 0 saturated heterocycles. The minimum absolute atomic E-state index is 0.330. The summed E-state index contributed by atoms with van der Waals surface area (Å²) >= 11 is 3.26. The molecule has 94 valence electrons. The van der Waals surface area contributed by atoms with Crippen LogP contribution in [0.15, 0.2) is 35.2 Å². The molecule has 2 rings (SSSR count). The third-order valence-electron chi connectivity index (χ3n) is 2.40. The van der Waals surface area contributed by atoms with E-state index in [0.717, 1.165) is 4.47 Å². The average Bonchev–Trinajstić information content (AvgIpc) is 2.32. The van der Waals surface area contributed by atoms with Gasteiger partial charge in [0, 0.05) is 18.6 Å². The molecule has 0 amide bonds. The predicted molar refractivity (Wildman–Crippen MR) is 70.6 cm³/mol. The molecule has 0 bridgehead atoms. The van der Waals surface area contributed by atoms with E-state index in [9.17, 15) is 4.39 Å². The predicted octanol–water partition coefficient (Wildman–Crippen LogP) is 3.12. The van der Waals surface area contributed by atoms with Crippen molar-refractivity contribution in [2.75, 3.05) is 5.32 Å². The zero-order valence-electron chi connectivity index (χ0n) is 9.98. The summed E-state index contributed by atoms with van der Waals surface area (Å²) < 4.78 is 14.5. The maximum Gasteiger partial charge on any atom is 0.223 e. The largest absolute Gasteiger partial charge is 0.344 e. The van der Waals surface area contributed by atoms with E-state index in [1.165, 1.54) is 6.07 Å². The molecule has 0 aromatic carbocycles. The second kappa shape index (κ2) is 4.97. The first-order chi connectivity index (χ1) is 8.49. The van der Waals surface area contributed by atoms with Crippen LogP contribution in [-0.2, 0) is 5.54 Å². The monoisotopic (exact) mass is 310 g/mol. The fourth-order valence-electron chi connectivity index (χ4n) is 1.56. The van der Waals surface area contributed by atoms with Crippen molar-refractivity contribution < 1.29 is 4.39 Å². The van der Waals surface area contributed by atoms with E-state index in [4.69, 9.17) is 0 Å². The van der Waals surface area contributed by atoms with Crippen LogP contribution >= 0.6 is 15.9 Å². The number of hydrogen-bond acceptors (Lipinski definition) is 4. The van der Waals surface area contributed by atoms with Crippen LogP contribution in [0, 0.1) is 5.82 Å². The first-order valence-electron chi connectivity index (χ1n) is 5.36. The Morgan fingerprint density at radius 2 is 1.89 bits per heavy atom. The fraction of sp³-hybridized carbons (Fsp3) is 0.250. The van der Waals surface area contributed by atoms with E-state index < -0.39 is 5.54 Å². The highest BCUT2D eigenvalue weighted by atomic mass is 79.9. The average molecular weight is 311 g/mol. The Balaban J connectivity index is 2.27. The second-order valence-corrected chi connectivity index (χ2v) is 5.22. The normalized spacial score (nSPS) is 11.3. The van der Waals surface area contributed by atoms with Gasteiger partial charge in [0.1, 0.15) is 11.5 Å². The van der Waals surface area contributed by atoms with Crippen molar-refractivity contribution in [2.45, 2.75) is 19.4 Å². The molecule has 6 heteroatoms. The number of anilines is 1. The molecule has 0 saturated carbocycles. The lowest BCUT2D eigenvalue weighted by Gasteiger charge is -2.25. The number of hydrogen-bond donors (Lipinski definition) is 1. The second-order valence-electron chi connectivity index (χ2n) is 4.31. The highest BCUT2D eigenvalue weighted by Crippen LogP contribution is 2.24. The Morgan fingerprint density at radius 1 is 1.22 bits per heavy atom. The van der Waals surface area contributed by atoms with Gasteiger partial charge < -0.3 is 5.32 Å². The zero-order chi connectivity index (χ0) is 13.2. The SMILES string of the molecule is CC(C)(Nc1ncc(Br)cn1)c1ncccc1F. The van der Waals surface area contributed by atoms with Crippen LogP contribution < -0.4 is 5.32 Å². The van der Waals surface area contributed by atoms with Gasteiger partial charge in [0.15, 0.2) is 0 Å². The number of halogens is 2. The summed E-state index contributed by atoms with van der Waals surface area (Å²) in [5.74, 6) is 0.0698. The van der Waals surface area contributed by atoms with Crippen molar-refractivity contribution in [1.29, 1.82) is 0 Å². The van der Waals surface area contributed by atoms with Gasteiger partial charge in [-0.05, 0) is 41.9 Å². The van der Waals surface area contributed by atoms with Gasteiger partial charge in [-0.2, -0.15) is 0 Å². The number of rotatable bonds is 3. The lowest BCUT2D eigenvalue weighted by Crippen LogP contribution is -2.31. The van der Waals surface area contributed by atoms with Crippen LogP contribution in [0.25, 0.3) is 0 Å². The molecule has 0 atom stereocenters. The molecule has 0 radical (unpaired) electrons. The van der Waals surface area contributed by atoms with E-state index in [2.05, 4.69) is 36.2 Å². The number of nitrogens with zero attached hydrogens (tertiary/aromatic N) is 3. The van der Waals surface area contributed by atoms with Crippen LogP contribution in [0.3, 0.4) is 0 Å². The van der Waals surface area contributed by atoms with E-state index in [-0.39, 0.29) is 5.82 Å². The highest BCUT2D eigenvalue weighted by molar-refractivity contribution is 9.10. The topological polar surface area (TPSA) is 50.7 Å². The molecule has 0 spiro atoms. The maximum atomic E-state index is 13.7. The van der Waals surface area contributed by atoms with Crippen molar-refractivity contribution in [3.05, 3.63) is 46.7 Å². The van der Waals surface area contributed by atoms with Gasteiger partial charge in [-0.15, -0.1) is 0 Å². The van der Waals surface area contributed by atoms with E-state index >= 15 is 0 Å². The van der Waals surface area contributed by atoms with Crippen LogP contribution in [0.2, 0.25) is 0 Å². The van der Waals surface area contributed by atoms with Crippen LogP contribution in [0.1, 0.15) is 19.5 Å². The van der Waals surface area contributed by atoms with E-state index in [1.807, 2.05) is 13.8 Å². The number of nitrogens with one attached hydrogen (secondary N) is 1. The molecule has 0 unspecified atom stereocenters. The van der Waals surface area contributed by atoms with Crippen molar-refractivity contribution in [3.63, 3.8) is 0 Å². The lowest BCUT2D eigenvalue weighted by atomic mass is 9.99. The summed E-state index contributed by atoms with van der Waals surface area (Å²) in [4.78, 5) is 12.3. The van der Waals surface area contributed by atoms with Gasteiger partial charge in [-0.3, -0.25) is 4.98 Å². The van der Waals surface area contributed by atoms with Gasteiger partial charge in [0.2, 0.25) is 5.95 Å². The molecular formula is C12H12BrFN4. The van der Waals surface area contributed by atoms with Crippen molar-refractivity contribution >= 4 is 21.9 Å². The Kier molecular flexibility index (Phi) is 3.56. The Morgan fingerprint density at radius 3 is 2.50 bits per heavy atom. The standard InChI is InChI=1S/C12H12BrFN4/c1-12(2,10-9(14)4-3-5-15-10)18-11-16-6-8(13)7-17-11/h3-7H,1-2H3,(H,16,17,18). The molecule has 0 aliphatic rings. The van der Waals surface area contributed by atoms with Crippen LogP contribution in [0.5, 0.6) is 0 Å². The molecule has 2 aromatic heterocycles. The first kappa shape index (κ1) is 12.9. The molecule has 0 aliphatic heterocycles. The smallest absolute Gasteiger partial charge is 0.223 e. The minimum atomic E-state index is -0.695. The zero-order valence-corrected chi connectivity index (χ0v) is 11.6. The summed E-state index contributed by atoms with van der Waals surface area (Å²) in [5, 5.41) is 3.06. The summed E-state index contributed by atoms with van der Waals surface area (Å²) in [6.07, 6.45) is 4.81. The van der Waals surface area contributed by atoms with Gasteiger partial charge >= 0.3 is 0 Å². The molecule has 0 aliphatic carbocycles. The van der Waals surface area contributed by atoms with Gasteiger partial charge in [0.25, 0.3) is 0 Å². The lowest BCUT2D eigenvalue weighted by molar-refractivity contribution is 0.510. The fourth-order valence-corrected chi connectivity index (χ4v) is 1.77.